The van der Waals surface area contributed by atoms with E-state index in [4.69, 9.17) is 4.74 Å². The van der Waals surface area contributed by atoms with Crippen molar-refractivity contribution in [2.24, 2.45) is 0 Å². The summed E-state index contributed by atoms with van der Waals surface area (Å²) in [5.41, 5.74) is 0.979. The van der Waals surface area contributed by atoms with Crippen LogP contribution in [0.3, 0.4) is 0 Å². The summed E-state index contributed by atoms with van der Waals surface area (Å²) >= 11 is 0. The number of methoxy groups -OCH3 is 1. The lowest BCUT2D eigenvalue weighted by atomic mass is 9.78. The third-order valence-electron chi connectivity index (χ3n) is 5.32. The van der Waals surface area contributed by atoms with Gasteiger partial charge >= 0.3 is 5.97 Å². The van der Waals surface area contributed by atoms with Gasteiger partial charge in [-0.15, -0.1) is 0 Å². The molecule has 1 aliphatic rings. The van der Waals surface area contributed by atoms with Crippen LogP contribution < -0.4 is 10.3 Å². The van der Waals surface area contributed by atoms with E-state index in [9.17, 15) is 14.7 Å². The normalized spacial score (nSPS) is 15.9. The van der Waals surface area contributed by atoms with E-state index in [1.807, 2.05) is 12.1 Å². The zero-order chi connectivity index (χ0) is 18.0. The van der Waals surface area contributed by atoms with E-state index >= 15 is 0 Å². The molecule has 3 rings (SSSR count). The second kappa shape index (κ2) is 6.75. The van der Waals surface area contributed by atoms with Crippen molar-refractivity contribution in [1.29, 1.82) is 0 Å². The number of hydrogen-bond acceptors (Lipinski definition) is 3. The Hall–Kier alpha value is -2.56. The van der Waals surface area contributed by atoms with Crippen LogP contribution in [-0.4, -0.2) is 22.8 Å². The Kier molecular flexibility index (Phi) is 4.66. The van der Waals surface area contributed by atoms with Gasteiger partial charge in [0.2, 0.25) is 0 Å². The first kappa shape index (κ1) is 17.3. The molecular weight excluding hydrogens is 318 g/mol. The Bertz CT molecular complexity index is 830. The standard InChI is InChI=1S/C20H23NO4/c1-14-9-12-21(18(22)17(14)19(23)24)13-20(10-3-4-11-20)15-5-7-16(25-2)8-6-15/h5-9,12H,3-4,10-11,13H2,1-2H3,(H,23,24). The van der Waals surface area contributed by atoms with Crippen LogP contribution in [0.5, 0.6) is 5.75 Å². The largest absolute Gasteiger partial charge is 0.497 e. The molecule has 132 valence electrons. The fourth-order valence-electron chi connectivity index (χ4n) is 3.91. The van der Waals surface area contributed by atoms with Gasteiger partial charge < -0.3 is 14.4 Å². The minimum atomic E-state index is -1.17. The summed E-state index contributed by atoms with van der Waals surface area (Å²) < 4.78 is 6.80. The van der Waals surface area contributed by atoms with Gasteiger partial charge in [-0.25, -0.2) is 4.79 Å². The highest BCUT2D eigenvalue weighted by atomic mass is 16.5. The summed E-state index contributed by atoms with van der Waals surface area (Å²) in [7, 11) is 1.64. The van der Waals surface area contributed by atoms with E-state index in [1.165, 1.54) is 5.56 Å². The maximum Gasteiger partial charge on any atom is 0.341 e. The fraction of sp³-hybridized carbons (Fsp3) is 0.400. The number of benzene rings is 1. The van der Waals surface area contributed by atoms with Crippen molar-refractivity contribution in [3.05, 3.63) is 63.6 Å². The zero-order valence-electron chi connectivity index (χ0n) is 14.6. The molecule has 0 atom stereocenters. The minimum Gasteiger partial charge on any atom is -0.497 e. The highest BCUT2D eigenvalue weighted by molar-refractivity contribution is 5.88. The third kappa shape index (κ3) is 3.18. The average Bonchev–Trinajstić information content (AvgIpc) is 3.07. The molecule has 0 radical (unpaired) electrons. The predicted molar refractivity (Wildman–Crippen MR) is 95.5 cm³/mol. The molecule has 1 saturated carbocycles. The van der Waals surface area contributed by atoms with E-state index < -0.39 is 11.5 Å². The Morgan fingerprint density at radius 3 is 2.40 bits per heavy atom. The maximum atomic E-state index is 12.7. The number of nitrogens with zero attached hydrogens (tertiary/aromatic N) is 1. The molecule has 0 spiro atoms. The van der Waals surface area contributed by atoms with Crippen molar-refractivity contribution >= 4 is 5.97 Å². The third-order valence-corrected chi connectivity index (χ3v) is 5.32. The number of hydrogen-bond donors (Lipinski definition) is 1. The molecule has 1 aliphatic carbocycles. The van der Waals surface area contributed by atoms with Crippen molar-refractivity contribution in [3.8, 4) is 5.75 Å². The molecule has 0 aliphatic heterocycles. The molecule has 0 unspecified atom stereocenters. The highest BCUT2D eigenvalue weighted by Gasteiger charge is 2.36. The molecule has 1 fully saturated rings. The first-order chi connectivity index (χ1) is 12.0. The minimum absolute atomic E-state index is 0.134. The maximum absolute atomic E-state index is 12.7. The van der Waals surface area contributed by atoms with E-state index in [2.05, 4.69) is 12.1 Å². The Labute approximate surface area is 146 Å². The lowest BCUT2D eigenvalue weighted by molar-refractivity contribution is 0.0693. The number of carboxylic acid groups (broad SMARTS) is 1. The number of carbonyl (C=O) groups is 1. The van der Waals surface area contributed by atoms with Gasteiger partial charge in [0.1, 0.15) is 11.3 Å². The number of rotatable bonds is 5. The molecule has 1 aromatic carbocycles. The number of pyridine rings is 1. The number of aryl methyl sites for hydroxylation is 1. The topological polar surface area (TPSA) is 68.5 Å². The van der Waals surface area contributed by atoms with Gasteiger partial charge in [-0.1, -0.05) is 25.0 Å². The molecule has 5 heteroatoms. The van der Waals surface area contributed by atoms with Crippen LogP contribution in [-0.2, 0) is 12.0 Å². The summed E-state index contributed by atoms with van der Waals surface area (Å²) in [6.07, 6.45) is 5.91. The van der Waals surface area contributed by atoms with Crippen molar-refractivity contribution in [2.75, 3.05) is 7.11 Å². The smallest absolute Gasteiger partial charge is 0.341 e. The van der Waals surface area contributed by atoms with Gasteiger partial charge in [0.15, 0.2) is 0 Å². The van der Waals surface area contributed by atoms with E-state index in [0.29, 0.717) is 12.1 Å². The highest BCUT2D eigenvalue weighted by Crippen LogP contribution is 2.42. The first-order valence-electron chi connectivity index (χ1n) is 8.55. The number of ether oxygens (including phenoxy) is 1. The van der Waals surface area contributed by atoms with Crippen LogP contribution in [0.1, 0.15) is 47.2 Å². The molecule has 0 saturated heterocycles. The number of aromatic carboxylic acids is 1. The van der Waals surface area contributed by atoms with Crippen molar-refractivity contribution < 1.29 is 14.6 Å². The van der Waals surface area contributed by atoms with Crippen LogP contribution in [0.25, 0.3) is 0 Å². The summed E-state index contributed by atoms with van der Waals surface area (Å²) in [6, 6.07) is 9.70. The predicted octanol–water partition coefficient (Wildman–Crippen LogP) is 3.38. The van der Waals surface area contributed by atoms with E-state index in [0.717, 1.165) is 31.4 Å². The lowest BCUT2D eigenvalue weighted by Gasteiger charge is -2.31. The summed E-state index contributed by atoms with van der Waals surface area (Å²) in [6.45, 7) is 2.16. The molecule has 5 nitrogen and oxygen atoms in total. The Balaban J connectivity index is 2.02. The van der Waals surface area contributed by atoms with Crippen molar-refractivity contribution in [2.45, 2.75) is 44.6 Å². The monoisotopic (exact) mass is 341 g/mol. The van der Waals surface area contributed by atoms with Gasteiger partial charge in [-0.3, -0.25) is 4.79 Å². The van der Waals surface area contributed by atoms with Crippen molar-refractivity contribution in [3.63, 3.8) is 0 Å². The van der Waals surface area contributed by atoms with Gasteiger partial charge in [-0.05, 0) is 49.1 Å². The first-order valence-corrected chi connectivity index (χ1v) is 8.55. The van der Waals surface area contributed by atoms with Gasteiger partial charge in [0.05, 0.1) is 7.11 Å². The number of carboxylic acids is 1. The average molecular weight is 341 g/mol. The molecule has 1 aromatic heterocycles. The second-order valence-electron chi connectivity index (χ2n) is 6.83. The van der Waals surface area contributed by atoms with Gasteiger partial charge in [0, 0.05) is 18.2 Å². The van der Waals surface area contributed by atoms with E-state index in [1.54, 1.807) is 30.9 Å². The summed E-state index contributed by atoms with van der Waals surface area (Å²) in [5, 5.41) is 9.34. The quantitative estimate of drug-likeness (QED) is 0.905. The van der Waals surface area contributed by atoms with Crippen LogP contribution in [0, 0.1) is 6.92 Å². The van der Waals surface area contributed by atoms with Crippen LogP contribution in [0.2, 0.25) is 0 Å². The molecular formula is C20H23NO4. The summed E-state index contributed by atoms with van der Waals surface area (Å²) in [5.74, 6) is -0.362. The van der Waals surface area contributed by atoms with Crippen LogP contribution in [0.4, 0.5) is 0 Å². The molecule has 25 heavy (non-hydrogen) atoms. The molecule has 0 bridgehead atoms. The van der Waals surface area contributed by atoms with E-state index in [-0.39, 0.29) is 11.0 Å². The zero-order valence-corrected chi connectivity index (χ0v) is 14.6. The molecule has 1 N–H and O–H groups in total. The van der Waals surface area contributed by atoms with Gasteiger partial charge in [-0.2, -0.15) is 0 Å². The lowest BCUT2D eigenvalue weighted by Crippen LogP contribution is -2.36. The fourth-order valence-corrected chi connectivity index (χ4v) is 3.91. The van der Waals surface area contributed by atoms with Crippen molar-refractivity contribution in [1.82, 2.24) is 4.57 Å². The Morgan fingerprint density at radius 2 is 1.84 bits per heavy atom. The molecule has 0 amide bonds. The van der Waals surface area contributed by atoms with Crippen LogP contribution in [0.15, 0.2) is 41.3 Å². The summed E-state index contributed by atoms with van der Waals surface area (Å²) in [4.78, 5) is 24.1. The Morgan fingerprint density at radius 1 is 1.20 bits per heavy atom. The number of aromatic nitrogens is 1. The second-order valence-corrected chi connectivity index (χ2v) is 6.83. The molecule has 1 heterocycles. The van der Waals surface area contributed by atoms with Gasteiger partial charge in [0.25, 0.3) is 5.56 Å². The molecule has 2 aromatic rings. The SMILES string of the molecule is COc1ccc(C2(Cn3ccc(C)c(C(=O)O)c3=O)CCCC2)cc1. The van der Waals surface area contributed by atoms with Crippen LogP contribution >= 0.6 is 0 Å².